The molecule has 1 aromatic carbocycles. The summed E-state index contributed by atoms with van der Waals surface area (Å²) in [5, 5.41) is 1.07. The quantitative estimate of drug-likeness (QED) is 0.814. The Bertz CT molecular complexity index is 668. The van der Waals surface area contributed by atoms with Crippen LogP contribution < -0.4 is 10.6 Å². The zero-order chi connectivity index (χ0) is 14.3. The fourth-order valence-corrected chi connectivity index (χ4v) is 3.23. The molecule has 0 aliphatic carbocycles. The number of rotatable bonds is 1. The maximum Gasteiger partial charge on any atom is 0.186 e. The summed E-state index contributed by atoms with van der Waals surface area (Å²) in [5.74, 6) is 0.557. The number of aromatic nitrogens is 1. The zero-order valence-corrected chi connectivity index (χ0v) is 11.9. The molecular weight excluding hydrogens is 266 g/mol. The Kier molecular flexibility index (Phi) is 2.97. The third-order valence-electron chi connectivity index (χ3n) is 4.25. The topological polar surface area (TPSA) is 60.6 Å². The summed E-state index contributed by atoms with van der Waals surface area (Å²) in [4.78, 5) is 7.01. The minimum absolute atomic E-state index is 0.421. The van der Waals surface area contributed by atoms with Gasteiger partial charge in [0.15, 0.2) is 5.79 Å². The Balaban J connectivity index is 1.64. The molecule has 0 bridgehead atoms. The van der Waals surface area contributed by atoms with E-state index in [9.17, 15) is 0 Å². The van der Waals surface area contributed by atoms with Gasteiger partial charge in [-0.3, -0.25) is 0 Å². The average molecular weight is 285 g/mol. The van der Waals surface area contributed by atoms with Crippen molar-refractivity contribution in [1.82, 2.24) is 4.98 Å². The van der Waals surface area contributed by atoms with E-state index in [-0.39, 0.29) is 0 Å². The highest BCUT2D eigenvalue weighted by Gasteiger charge is 2.41. The summed E-state index contributed by atoms with van der Waals surface area (Å²) < 4.78 is 11.7. The lowest BCUT2D eigenvalue weighted by molar-refractivity contribution is -0.161. The van der Waals surface area contributed by atoms with Crippen molar-refractivity contribution < 1.29 is 9.47 Å². The van der Waals surface area contributed by atoms with Gasteiger partial charge in [0.25, 0.3) is 0 Å². The van der Waals surface area contributed by atoms with Gasteiger partial charge in [-0.15, -0.1) is 0 Å². The normalized spacial score (nSPS) is 21.2. The largest absolute Gasteiger partial charge is 0.399 e. The maximum absolute atomic E-state index is 5.83. The van der Waals surface area contributed by atoms with Crippen molar-refractivity contribution in [3.8, 4) is 0 Å². The number of pyridine rings is 1. The van der Waals surface area contributed by atoms with Gasteiger partial charge in [-0.25, -0.2) is 4.98 Å². The molecule has 2 aromatic rings. The molecule has 2 fully saturated rings. The Morgan fingerprint density at radius 1 is 1.14 bits per heavy atom. The molecule has 2 aliphatic heterocycles. The number of piperidine rings is 1. The highest BCUT2D eigenvalue weighted by Crippen LogP contribution is 2.32. The monoisotopic (exact) mass is 285 g/mol. The summed E-state index contributed by atoms with van der Waals surface area (Å²) in [6.07, 6.45) is 2.02. The second-order valence-electron chi connectivity index (χ2n) is 5.75. The van der Waals surface area contributed by atoms with E-state index in [1.165, 1.54) is 0 Å². The number of nitrogens with zero attached hydrogens (tertiary/aromatic N) is 2. The third-order valence-corrected chi connectivity index (χ3v) is 4.25. The number of ether oxygens (including phenoxy) is 2. The second kappa shape index (κ2) is 4.86. The Morgan fingerprint density at radius 3 is 2.86 bits per heavy atom. The fourth-order valence-electron chi connectivity index (χ4n) is 3.23. The SMILES string of the molecule is Nc1ccc2nc(N3CCCC4(C3)OCCO4)ccc2c1. The van der Waals surface area contributed by atoms with Crippen LogP contribution in [0.25, 0.3) is 10.9 Å². The van der Waals surface area contributed by atoms with Gasteiger partial charge < -0.3 is 20.1 Å². The van der Waals surface area contributed by atoms with Gasteiger partial charge in [-0.1, -0.05) is 0 Å². The van der Waals surface area contributed by atoms with Crippen LogP contribution in [-0.4, -0.2) is 37.1 Å². The van der Waals surface area contributed by atoms with Gasteiger partial charge in [-0.2, -0.15) is 0 Å². The third kappa shape index (κ3) is 2.32. The van der Waals surface area contributed by atoms with Crippen molar-refractivity contribution in [2.75, 3.05) is 36.9 Å². The first-order valence-electron chi connectivity index (χ1n) is 7.43. The molecule has 5 nitrogen and oxygen atoms in total. The van der Waals surface area contributed by atoms with Gasteiger partial charge in [0.1, 0.15) is 5.82 Å². The molecule has 0 saturated carbocycles. The van der Waals surface area contributed by atoms with Crippen molar-refractivity contribution in [2.45, 2.75) is 18.6 Å². The molecule has 2 aliphatic rings. The van der Waals surface area contributed by atoms with Crippen LogP contribution in [0.4, 0.5) is 11.5 Å². The van der Waals surface area contributed by atoms with Crippen molar-refractivity contribution in [3.05, 3.63) is 30.3 Å². The van der Waals surface area contributed by atoms with E-state index in [0.29, 0.717) is 13.2 Å². The van der Waals surface area contributed by atoms with Crippen LogP contribution in [0.15, 0.2) is 30.3 Å². The standard InChI is InChI=1S/C16H19N3O2/c17-13-3-4-14-12(10-13)2-5-15(18-14)19-7-1-6-16(11-19)20-8-9-21-16/h2-5,10H,1,6-9,11,17H2. The summed E-state index contributed by atoms with van der Waals surface area (Å²) in [6.45, 7) is 3.12. The molecule has 1 spiro atoms. The van der Waals surface area contributed by atoms with E-state index in [1.54, 1.807) is 0 Å². The smallest absolute Gasteiger partial charge is 0.186 e. The molecule has 3 heterocycles. The van der Waals surface area contributed by atoms with Gasteiger partial charge >= 0.3 is 0 Å². The molecule has 21 heavy (non-hydrogen) atoms. The van der Waals surface area contributed by atoms with Crippen LogP contribution in [0, 0.1) is 0 Å². The first-order valence-corrected chi connectivity index (χ1v) is 7.43. The molecule has 5 heteroatoms. The van der Waals surface area contributed by atoms with E-state index < -0.39 is 5.79 Å². The Hall–Kier alpha value is -1.85. The number of nitrogen functional groups attached to an aromatic ring is 1. The van der Waals surface area contributed by atoms with Gasteiger partial charge in [0, 0.05) is 24.0 Å². The number of hydrogen-bond acceptors (Lipinski definition) is 5. The number of hydrogen-bond donors (Lipinski definition) is 1. The van der Waals surface area contributed by atoms with Crippen LogP contribution in [0.1, 0.15) is 12.8 Å². The van der Waals surface area contributed by atoms with Gasteiger partial charge in [-0.05, 0) is 36.8 Å². The highest BCUT2D eigenvalue weighted by atomic mass is 16.7. The lowest BCUT2D eigenvalue weighted by Gasteiger charge is -2.39. The molecule has 2 N–H and O–H groups in total. The Morgan fingerprint density at radius 2 is 2.00 bits per heavy atom. The minimum atomic E-state index is -0.421. The zero-order valence-electron chi connectivity index (χ0n) is 11.9. The lowest BCUT2D eigenvalue weighted by atomic mass is 10.0. The van der Waals surface area contributed by atoms with E-state index in [1.807, 2.05) is 18.2 Å². The highest BCUT2D eigenvalue weighted by molar-refractivity contribution is 5.83. The minimum Gasteiger partial charge on any atom is -0.399 e. The van der Waals surface area contributed by atoms with Crippen LogP contribution >= 0.6 is 0 Å². The number of fused-ring (bicyclic) bond motifs is 1. The van der Waals surface area contributed by atoms with Crippen molar-refractivity contribution in [3.63, 3.8) is 0 Å². The maximum atomic E-state index is 5.83. The molecule has 1 aromatic heterocycles. The predicted octanol–water partition coefficient (Wildman–Crippen LogP) is 2.16. The molecule has 0 radical (unpaired) electrons. The predicted molar refractivity (Wildman–Crippen MR) is 82.2 cm³/mol. The molecule has 110 valence electrons. The number of anilines is 2. The number of nitrogens with two attached hydrogens (primary N) is 1. The number of benzene rings is 1. The van der Waals surface area contributed by atoms with Crippen molar-refractivity contribution in [2.24, 2.45) is 0 Å². The van der Waals surface area contributed by atoms with Crippen molar-refractivity contribution >= 4 is 22.4 Å². The van der Waals surface area contributed by atoms with Crippen molar-refractivity contribution in [1.29, 1.82) is 0 Å². The van der Waals surface area contributed by atoms with Gasteiger partial charge in [0.2, 0.25) is 0 Å². The van der Waals surface area contributed by atoms with Crippen LogP contribution in [-0.2, 0) is 9.47 Å². The van der Waals surface area contributed by atoms with Crippen LogP contribution in [0.3, 0.4) is 0 Å². The van der Waals surface area contributed by atoms with Crippen LogP contribution in [0.2, 0.25) is 0 Å². The fraction of sp³-hybridized carbons (Fsp3) is 0.438. The average Bonchev–Trinajstić information content (AvgIpc) is 2.94. The summed E-state index contributed by atoms with van der Waals surface area (Å²) in [5.41, 5.74) is 7.54. The Labute approximate surface area is 123 Å². The lowest BCUT2D eigenvalue weighted by Crippen LogP contribution is -2.49. The first kappa shape index (κ1) is 12.9. The van der Waals surface area contributed by atoms with E-state index in [4.69, 9.17) is 20.2 Å². The summed E-state index contributed by atoms with van der Waals surface area (Å²) >= 11 is 0. The molecule has 4 rings (SSSR count). The van der Waals surface area contributed by atoms with E-state index >= 15 is 0 Å². The molecule has 0 unspecified atom stereocenters. The second-order valence-corrected chi connectivity index (χ2v) is 5.75. The first-order chi connectivity index (χ1) is 10.2. The molecular formula is C16H19N3O2. The molecule has 0 amide bonds. The molecule has 2 saturated heterocycles. The van der Waals surface area contributed by atoms with Gasteiger partial charge in [0.05, 0.1) is 25.3 Å². The van der Waals surface area contributed by atoms with E-state index in [2.05, 4.69) is 17.0 Å². The van der Waals surface area contributed by atoms with E-state index in [0.717, 1.165) is 48.3 Å². The van der Waals surface area contributed by atoms with Crippen LogP contribution in [0.5, 0.6) is 0 Å². The molecule has 0 atom stereocenters. The summed E-state index contributed by atoms with van der Waals surface area (Å²) in [7, 11) is 0. The summed E-state index contributed by atoms with van der Waals surface area (Å²) in [6, 6.07) is 9.94.